The Morgan fingerprint density at radius 3 is 2.48 bits per heavy atom. The molecule has 6 nitrogen and oxygen atoms in total. The number of carbonyl (C=O) groups excluding carboxylic acids is 1. The Morgan fingerprint density at radius 2 is 1.89 bits per heavy atom. The van der Waals surface area contributed by atoms with Gasteiger partial charge in [0.2, 0.25) is 15.9 Å². The van der Waals surface area contributed by atoms with Crippen LogP contribution in [0.4, 0.5) is 10.1 Å². The summed E-state index contributed by atoms with van der Waals surface area (Å²) in [6.45, 7) is 1.84. The first-order valence-electron chi connectivity index (χ1n) is 8.06. The fraction of sp³-hybridized carbons (Fsp3) is 0.278. The van der Waals surface area contributed by atoms with Crippen molar-refractivity contribution in [1.29, 1.82) is 0 Å². The summed E-state index contributed by atoms with van der Waals surface area (Å²) in [5, 5.41) is 3.17. The van der Waals surface area contributed by atoms with Gasteiger partial charge in [0.1, 0.15) is 24.7 Å². The van der Waals surface area contributed by atoms with Gasteiger partial charge in [0, 0.05) is 5.02 Å². The summed E-state index contributed by atoms with van der Waals surface area (Å²) in [6, 6.07) is 10.1. The van der Waals surface area contributed by atoms with E-state index in [-0.39, 0.29) is 18.8 Å². The largest absolute Gasteiger partial charge is 0.492 e. The molecule has 0 saturated heterocycles. The first kappa shape index (κ1) is 21.0. The number of hydrogen-bond donors (Lipinski definition) is 1. The fourth-order valence-corrected chi connectivity index (χ4v) is 3.24. The normalized spacial score (nSPS) is 11.1. The molecule has 0 heterocycles. The highest BCUT2D eigenvalue weighted by atomic mass is 35.5. The van der Waals surface area contributed by atoms with Crippen LogP contribution in [0.1, 0.15) is 5.56 Å². The summed E-state index contributed by atoms with van der Waals surface area (Å²) in [5.74, 6) is -0.427. The zero-order valence-electron chi connectivity index (χ0n) is 14.9. The van der Waals surface area contributed by atoms with E-state index in [1.54, 1.807) is 12.1 Å². The summed E-state index contributed by atoms with van der Waals surface area (Å²) < 4.78 is 43.3. The molecule has 0 bridgehead atoms. The molecule has 0 aliphatic heterocycles. The number of nitrogens with zero attached hydrogens (tertiary/aromatic N) is 1. The lowest BCUT2D eigenvalue weighted by molar-refractivity contribution is -0.119. The molecule has 9 heteroatoms. The maximum Gasteiger partial charge on any atom is 0.240 e. The molecule has 2 aromatic rings. The van der Waals surface area contributed by atoms with Gasteiger partial charge in [-0.25, -0.2) is 12.8 Å². The molecule has 2 aromatic carbocycles. The highest BCUT2D eigenvalue weighted by molar-refractivity contribution is 7.92. The standard InChI is InChI=1S/C18H20ClFN2O4S/c1-13-3-8-16(11-17(13)19)26-10-9-21-18(23)12-22(27(2,24)25)15-6-4-14(20)5-7-15/h3-8,11H,9-10,12H2,1-2H3,(H,21,23). The van der Waals surface area contributed by atoms with Gasteiger partial charge >= 0.3 is 0 Å². The van der Waals surface area contributed by atoms with Crippen LogP contribution in [0.5, 0.6) is 5.75 Å². The van der Waals surface area contributed by atoms with Crippen LogP contribution in [0.3, 0.4) is 0 Å². The molecular weight excluding hydrogens is 395 g/mol. The Bertz CT molecular complexity index is 904. The average Bonchev–Trinajstić information content (AvgIpc) is 2.59. The van der Waals surface area contributed by atoms with E-state index in [0.717, 1.165) is 28.3 Å². The molecule has 0 fully saturated rings. The summed E-state index contributed by atoms with van der Waals surface area (Å²) in [6.07, 6.45) is 0.980. The summed E-state index contributed by atoms with van der Waals surface area (Å²) >= 11 is 6.01. The number of nitrogens with one attached hydrogen (secondary N) is 1. The zero-order valence-corrected chi connectivity index (χ0v) is 16.5. The predicted molar refractivity (Wildman–Crippen MR) is 103 cm³/mol. The summed E-state index contributed by atoms with van der Waals surface area (Å²) in [4.78, 5) is 12.1. The quantitative estimate of drug-likeness (QED) is 0.674. The van der Waals surface area contributed by atoms with Crippen molar-refractivity contribution in [3.63, 3.8) is 0 Å². The monoisotopic (exact) mass is 414 g/mol. The van der Waals surface area contributed by atoms with Gasteiger partial charge in [-0.2, -0.15) is 0 Å². The lowest BCUT2D eigenvalue weighted by atomic mass is 10.2. The second-order valence-electron chi connectivity index (χ2n) is 5.86. The molecule has 0 aromatic heterocycles. The van der Waals surface area contributed by atoms with Gasteiger partial charge in [-0.1, -0.05) is 17.7 Å². The molecule has 0 aliphatic rings. The lowest BCUT2D eigenvalue weighted by Gasteiger charge is -2.21. The Morgan fingerprint density at radius 1 is 1.22 bits per heavy atom. The van der Waals surface area contributed by atoms with Gasteiger partial charge < -0.3 is 10.1 Å². The number of halogens is 2. The van der Waals surface area contributed by atoms with Crippen LogP contribution < -0.4 is 14.4 Å². The summed E-state index contributed by atoms with van der Waals surface area (Å²) in [5.41, 5.74) is 1.14. The predicted octanol–water partition coefficient (Wildman–Crippen LogP) is 2.75. The molecule has 1 N–H and O–H groups in total. The van der Waals surface area contributed by atoms with Gasteiger partial charge in [-0.15, -0.1) is 0 Å². The van der Waals surface area contributed by atoms with Gasteiger partial charge in [0.05, 0.1) is 18.5 Å². The molecule has 0 radical (unpaired) electrons. The molecular formula is C18H20ClFN2O4S. The van der Waals surface area contributed by atoms with E-state index in [9.17, 15) is 17.6 Å². The van der Waals surface area contributed by atoms with E-state index >= 15 is 0 Å². The maximum absolute atomic E-state index is 13.0. The molecule has 146 valence electrons. The Kier molecular flexibility index (Phi) is 7.04. The van der Waals surface area contributed by atoms with E-state index in [1.165, 1.54) is 12.1 Å². The van der Waals surface area contributed by atoms with E-state index in [0.29, 0.717) is 10.8 Å². The minimum atomic E-state index is -3.70. The van der Waals surface area contributed by atoms with Crippen molar-refractivity contribution in [2.75, 3.05) is 30.3 Å². The number of rotatable bonds is 8. The van der Waals surface area contributed by atoms with Gasteiger partial charge in [-0.05, 0) is 48.9 Å². The molecule has 1 amide bonds. The molecule has 2 rings (SSSR count). The second-order valence-corrected chi connectivity index (χ2v) is 8.17. The van der Waals surface area contributed by atoms with E-state index < -0.39 is 28.3 Å². The van der Waals surface area contributed by atoms with Crippen LogP contribution in [0.2, 0.25) is 5.02 Å². The minimum absolute atomic E-state index is 0.186. The van der Waals surface area contributed by atoms with Crippen LogP contribution in [-0.2, 0) is 14.8 Å². The van der Waals surface area contributed by atoms with Crippen molar-refractivity contribution in [3.05, 3.63) is 58.9 Å². The van der Waals surface area contributed by atoms with Crippen molar-refractivity contribution >= 4 is 33.2 Å². The third-order valence-corrected chi connectivity index (χ3v) is 5.19. The van der Waals surface area contributed by atoms with Gasteiger partial charge in [0.15, 0.2) is 0 Å². The van der Waals surface area contributed by atoms with Crippen molar-refractivity contribution in [2.24, 2.45) is 0 Å². The van der Waals surface area contributed by atoms with E-state index in [4.69, 9.17) is 16.3 Å². The molecule has 0 aliphatic carbocycles. The fourth-order valence-electron chi connectivity index (χ4n) is 2.22. The molecule has 0 spiro atoms. The van der Waals surface area contributed by atoms with Crippen LogP contribution >= 0.6 is 11.6 Å². The van der Waals surface area contributed by atoms with Gasteiger partial charge in [-0.3, -0.25) is 9.10 Å². The van der Waals surface area contributed by atoms with Crippen LogP contribution in [-0.4, -0.2) is 40.3 Å². The first-order chi connectivity index (χ1) is 12.7. The number of benzene rings is 2. The SMILES string of the molecule is Cc1ccc(OCCNC(=O)CN(c2ccc(F)cc2)S(C)(=O)=O)cc1Cl. The molecule has 0 atom stereocenters. The zero-order chi connectivity index (χ0) is 20.0. The highest BCUT2D eigenvalue weighted by Gasteiger charge is 2.20. The molecule has 0 unspecified atom stereocenters. The van der Waals surface area contributed by atoms with Crippen molar-refractivity contribution in [2.45, 2.75) is 6.92 Å². The van der Waals surface area contributed by atoms with Crippen LogP contribution in [0.25, 0.3) is 0 Å². The number of anilines is 1. The number of hydrogen-bond acceptors (Lipinski definition) is 4. The number of ether oxygens (including phenoxy) is 1. The highest BCUT2D eigenvalue weighted by Crippen LogP contribution is 2.21. The Hall–Kier alpha value is -2.32. The molecule has 0 saturated carbocycles. The smallest absolute Gasteiger partial charge is 0.240 e. The summed E-state index contributed by atoms with van der Waals surface area (Å²) in [7, 11) is -3.70. The third kappa shape index (κ3) is 6.41. The second kappa shape index (κ2) is 9.05. The molecule has 27 heavy (non-hydrogen) atoms. The number of carbonyl (C=O) groups is 1. The first-order valence-corrected chi connectivity index (χ1v) is 10.3. The van der Waals surface area contributed by atoms with E-state index in [1.807, 2.05) is 13.0 Å². The third-order valence-electron chi connectivity index (χ3n) is 3.64. The lowest BCUT2D eigenvalue weighted by Crippen LogP contribution is -2.41. The van der Waals surface area contributed by atoms with Crippen molar-refractivity contribution in [3.8, 4) is 5.75 Å². The van der Waals surface area contributed by atoms with Crippen molar-refractivity contribution in [1.82, 2.24) is 5.32 Å². The number of sulfonamides is 1. The average molecular weight is 415 g/mol. The van der Waals surface area contributed by atoms with Crippen LogP contribution in [0, 0.1) is 12.7 Å². The minimum Gasteiger partial charge on any atom is -0.492 e. The van der Waals surface area contributed by atoms with Crippen molar-refractivity contribution < 1.29 is 22.3 Å². The number of aryl methyl sites for hydroxylation is 1. The van der Waals surface area contributed by atoms with Gasteiger partial charge in [0.25, 0.3) is 0 Å². The Balaban J connectivity index is 1.88. The topological polar surface area (TPSA) is 75.7 Å². The number of amides is 1. The maximum atomic E-state index is 13.0. The Labute approximate surface area is 162 Å². The van der Waals surface area contributed by atoms with E-state index in [2.05, 4.69) is 5.32 Å². The van der Waals surface area contributed by atoms with Crippen LogP contribution in [0.15, 0.2) is 42.5 Å².